The molecule has 1 aliphatic rings. The van der Waals surface area contributed by atoms with Gasteiger partial charge in [-0.25, -0.2) is 17.6 Å². The van der Waals surface area contributed by atoms with E-state index in [1.807, 2.05) is 0 Å². The quantitative estimate of drug-likeness (QED) is 0.652. The van der Waals surface area contributed by atoms with Crippen LogP contribution in [0.5, 0.6) is 0 Å². The van der Waals surface area contributed by atoms with Crippen molar-refractivity contribution < 1.29 is 27.1 Å². The number of hydrogen-bond acceptors (Lipinski definition) is 5. The van der Waals surface area contributed by atoms with Gasteiger partial charge < -0.3 is 15.0 Å². The third kappa shape index (κ3) is 5.89. The predicted molar refractivity (Wildman–Crippen MR) is 118 cm³/mol. The van der Waals surface area contributed by atoms with E-state index in [4.69, 9.17) is 16.3 Å². The summed E-state index contributed by atoms with van der Waals surface area (Å²) < 4.78 is 45.5. The number of hydrogen-bond donors (Lipinski definition) is 2. The van der Waals surface area contributed by atoms with Crippen LogP contribution in [-0.2, 0) is 14.8 Å². The van der Waals surface area contributed by atoms with Crippen molar-refractivity contribution >= 4 is 39.3 Å². The van der Waals surface area contributed by atoms with Crippen LogP contribution < -0.4 is 10.0 Å². The Hall–Kier alpha value is -2.85. The van der Waals surface area contributed by atoms with Crippen molar-refractivity contribution in [3.63, 3.8) is 0 Å². The van der Waals surface area contributed by atoms with Gasteiger partial charge in [-0.3, -0.25) is 9.52 Å². The minimum atomic E-state index is -3.97. The Labute approximate surface area is 190 Å². The van der Waals surface area contributed by atoms with E-state index in [0.717, 1.165) is 18.2 Å². The molecule has 0 saturated carbocycles. The summed E-state index contributed by atoms with van der Waals surface area (Å²) in [6, 6.07) is 8.95. The van der Waals surface area contributed by atoms with E-state index in [1.165, 1.54) is 24.3 Å². The highest BCUT2D eigenvalue weighted by Crippen LogP contribution is 2.22. The van der Waals surface area contributed by atoms with Crippen LogP contribution >= 0.6 is 11.6 Å². The molecule has 1 heterocycles. The molecule has 0 spiro atoms. The molecule has 2 amide bonds. The number of nitrogens with zero attached hydrogens (tertiary/aromatic N) is 1. The number of piperidine rings is 1. The van der Waals surface area contributed by atoms with Gasteiger partial charge in [0.15, 0.2) is 0 Å². The van der Waals surface area contributed by atoms with Crippen molar-refractivity contribution in [1.29, 1.82) is 0 Å². The smallest absolute Gasteiger partial charge is 0.409 e. The van der Waals surface area contributed by atoms with Crippen molar-refractivity contribution in [2.45, 2.75) is 30.7 Å². The number of carbonyl (C=O) groups is 2. The van der Waals surface area contributed by atoms with Crippen LogP contribution in [0, 0.1) is 5.82 Å². The number of rotatable bonds is 6. The number of ether oxygens (including phenoxy) is 1. The van der Waals surface area contributed by atoms with Crippen LogP contribution in [0.1, 0.15) is 30.1 Å². The number of likely N-dealkylation sites (tertiary alicyclic amines) is 1. The van der Waals surface area contributed by atoms with Gasteiger partial charge in [-0.1, -0.05) is 11.6 Å². The van der Waals surface area contributed by atoms with Crippen molar-refractivity contribution in [3.8, 4) is 0 Å². The number of amides is 2. The molecule has 0 radical (unpaired) electrons. The Kier molecular flexibility index (Phi) is 7.57. The number of carbonyl (C=O) groups excluding carboxylic acids is 2. The second-order valence-corrected chi connectivity index (χ2v) is 9.28. The van der Waals surface area contributed by atoms with Crippen molar-refractivity contribution in [2.24, 2.45) is 0 Å². The van der Waals surface area contributed by atoms with Gasteiger partial charge in [0, 0.05) is 30.4 Å². The maximum atomic E-state index is 13.3. The molecule has 2 aromatic rings. The standard InChI is InChI=1S/C21H23ClFN3O5S/c1-2-31-21(28)26-11-9-15(10-12-26)24-20(27)14-3-5-16(6-4-14)25-32(29,30)17-7-8-19(23)18(22)13-17/h3-8,13,15,25H,2,9-12H2,1H3,(H,24,27). The molecule has 2 aromatic carbocycles. The summed E-state index contributed by atoms with van der Waals surface area (Å²) in [7, 11) is -3.97. The molecule has 0 bridgehead atoms. The first-order chi connectivity index (χ1) is 15.2. The minimum absolute atomic E-state index is 0.0745. The maximum Gasteiger partial charge on any atom is 0.409 e. The monoisotopic (exact) mass is 483 g/mol. The van der Waals surface area contributed by atoms with E-state index in [1.54, 1.807) is 11.8 Å². The summed E-state index contributed by atoms with van der Waals surface area (Å²) in [5.74, 6) is -1.01. The van der Waals surface area contributed by atoms with E-state index in [-0.39, 0.29) is 33.6 Å². The minimum Gasteiger partial charge on any atom is -0.450 e. The molecule has 0 unspecified atom stereocenters. The molecule has 0 aliphatic carbocycles. The van der Waals surface area contributed by atoms with E-state index >= 15 is 0 Å². The van der Waals surface area contributed by atoms with Gasteiger partial charge in [0.25, 0.3) is 15.9 Å². The summed E-state index contributed by atoms with van der Waals surface area (Å²) in [5.41, 5.74) is 0.607. The Morgan fingerprint density at radius 3 is 2.41 bits per heavy atom. The number of halogens is 2. The van der Waals surface area contributed by atoms with Gasteiger partial charge in [-0.2, -0.15) is 0 Å². The maximum absolute atomic E-state index is 13.3. The van der Waals surface area contributed by atoms with Gasteiger partial charge in [0.05, 0.1) is 16.5 Å². The molecule has 172 valence electrons. The highest BCUT2D eigenvalue weighted by molar-refractivity contribution is 7.92. The lowest BCUT2D eigenvalue weighted by Crippen LogP contribution is -2.46. The molecule has 1 fully saturated rings. The Bertz CT molecular complexity index is 1090. The summed E-state index contributed by atoms with van der Waals surface area (Å²) in [6.45, 7) is 3.06. The normalized spacial score (nSPS) is 14.7. The van der Waals surface area contributed by atoms with Gasteiger partial charge >= 0.3 is 6.09 Å². The fourth-order valence-electron chi connectivity index (χ4n) is 3.24. The fraction of sp³-hybridized carbons (Fsp3) is 0.333. The molecule has 0 atom stereocenters. The molecule has 0 aromatic heterocycles. The first-order valence-corrected chi connectivity index (χ1v) is 11.9. The third-order valence-electron chi connectivity index (χ3n) is 4.96. The van der Waals surface area contributed by atoms with Crippen LogP contribution in [0.15, 0.2) is 47.4 Å². The van der Waals surface area contributed by atoms with Crippen LogP contribution in [-0.4, -0.2) is 51.1 Å². The number of anilines is 1. The second kappa shape index (κ2) is 10.2. The van der Waals surface area contributed by atoms with Crippen LogP contribution in [0.3, 0.4) is 0 Å². The Morgan fingerprint density at radius 1 is 1.16 bits per heavy atom. The molecule has 3 rings (SSSR count). The van der Waals surface area contributed by atoms with Gasteiger partial charge in [-0.15, -0.1) is 0 Å². The lowest BCUT2D eigenvalue weighted by molar-refractivity contribution is 0.0860. The van der Waals surface area contributed by atoms with Crippen LogP contribution in [0.2, 0.25) is 5.02 Å². The number of nitrogens with one attached hydrogen (secondary N) is 2. The van der Waals surface area contributed by atoms with E-state index in [9.17, 15) is 22.4 Å². The lowest BCUT2D eigenvalue weighted by Gasteiger charge is -2.31. The predicted octanol–water partition coefficient (Wildman–Crippen LogP) is 3.63. The Morgan fingerprint density at radius 2 is 1.81 bits per heavy atom. The zero-order chi connectivity index (χ0) is 23.3. The molecular formula is C21H23ClFN3O5S. The molecule has 2 N–H and O–H groups in total. The highest BCUT2D eigenvalue weighted by Gasteiger charge is 2.25. The Balaban J connectivity index is 1.56. The van der Waals surface area contributed by atoms with Crippen molar-refractivity contribution in [3.05, 3.63) is 58.9 Å². The average molecular weight is 484 g/mol. The van der Waals surface area contributed by atoms with Crippen molar-refractivity contribution in [1.82, 2.24) is 10.2 Å². The topological polar surface area (TPSA) is 105 Å². The number of benzene rings is 2. The zero-order valence-electron chi connectivity index (χ0n) is 17.3. The first-order valence-electron chi connectivity index (χ1n) is 10.00. The van der Waals surface area contributed by atoms with Gasteiger partial charge in [-0.05, 0) is 62.2 Å². The second-order valence-electron chi connectivity index (χ2n) is 7.19. The summed E-state index contributed by atoms with van der Waals surface area (Å²) in [6.07, 6.45) is 0.879. The highest BCUT2D eigenvalue weighted by atomic mass is 35.5. The van der Waals surface area contributed by atoms with E-state index in [0.29, 0.717) is 38.1 Å². The molecule has 8 nitrogen and oxygen atoms in total. The molecular weight excluding hydrogens is 461 g/mol. The van der Waals surface area contributed by atoms with Gasteiger partial charge in [0.2, 0.25) is 0 Å². The molecule has 1 aliphatic heterocycles. The summed E-state index contributed by atoms with van der Waals surface area (Å²) in [4.78, 5) is 25.7. The van der Waals surface area contributed by atoms with Crippen molar-refractivity contribution in [2.75, 3.05) is 24.4 Å². The average Bonchev–Trinajstić information content (AvgIpc) is 2.76. The molecule has 11 heteroatoms. The number of sulfonamides is 1. The lowest BCUT2D eigenvalue weighted by atomic mass is 10.0. The molecule has 32 heavy (non-hydrogen) atoms. The zero-order valence-corrected chi connectivity index (χ0v) is 18.9. The summed E-state index contributed by atoms with van der Waals surface area (Å²) >= 11 is 5.66. The third-order valence-corrected chi connectivity index (χ3v) is 6.63. The summed E-state index contributed by atoms with van der Waals surface area (Å²) in [5, 5.41) is 2.63. The van der Waals surface area contributed by atoms with Crippen LogP contribution in [0.25, 0.3) is 0 Å². The van der Waals surface area contributed by atoms with E-state index < -0.39 is 15.8 Å². The first kappa shape index (κ1) is 23.8. The SMILES string of the molecule is CCOC(=O)N1CCC(NC(=O)c2ccc(NS(=O)(=O)c3ccc(F)c(Cl)c3)cc2)CC1. The molecule has 1 saturated heterocycles. The fourth-order valence-corrected chi connectivity index (χ4v) is 4.57. The largest absolute Gasteiger partial charge is 0.450 e. The van der Waals surface area contributed by atoms with E-state index in [2.05, 4.69) is 10.0 Å². The van der Waals surface area contributed by atoms with Crippen LogP contribution in [0.4, 0.5) is 14.9 Å². The van der Waals surface area contributed by atoms with Gasteiger partial charge in [0.1, 0.15) is 5.82 Å².